The Morgan fingerprint density at radius 3 is 2.62 bits per heavy atom. The molecule has 0 saturated carbocycles. The van der Waals surface area contributed by atoms with Crippen LogP contribution in [0.25, 0.3) is 22.0 Å². The normalized spacial score (nSPS) is 11.7. The van der Waals surface area contributed by atoms with Gasteiger partial charge in [-0.25, -0.2) is 4.98 Å². The minimum atomic E-state index is -0.329. The molecule has 0 aliphatic rings. The minimum Gasteiger partial charge on any atom is -0.493 e. The third-order valence-corrected chi connectivity index (χ3v) is 4.45. The highest BCUT2D eigenvalue weighted by Crippen LogP contribution is 2.37. The van der Waals surface area contributed by atoms with Gasteiger partial charge in [0.2, 0.25) is 0 Å². The molecule has 0 saturated heterocycles. The van der Waals surface area contributed by atoms with Crippen molar-refractivity contribution in [2.45, 2.75) is 0 Å². The zero-order valence-corrected chi connectivity index (χ0v) is 16.0. The number of aromatic nitrogens is 2. The summed E-state index contributed by atoms with van der Waals surface area (Å²) in [6.45, 7) is 0. The summed E-state index contributed by atoms with van der Waals surface area (Å²) in [6, 6.07) is 8.26. The van der Waals surface area contributed by atoms with E-state index in [-0.39, 0.29) is 16.4 Å². The molecular formula is C18H13Cl3N2O3. The summed E-state index contributed by atoms with van der Waals surface area (Å²) in [4.78, 5) is 19.3. The Bertz CT molecular complexity index is 1080. The standard InChI is InChI=1S/C18H13Cl3N2O3/c1-25-15-7-9(5-12(20)16(15)26-2)6-13(21)17-22-14-4-3-10(19)8-11(14)18(24)23-17/h3-8H,1-2H3,(H,22,23,24)/b13-6-. The van der Waals surface area contributed by atoms with Crippen LogP contribution in [-0.4, -0.2) is 24.2 Å². The van der Waals surface area contributed by atoms with E-state index >= 15 is 0 Å². The Balaban J connectivity index is 2.08. The molecule has 0 amide bonds. The molecule has 3 rings (SSSR count). The molecule has 8 heteroatoms. The third-order valence-electron chi connectivity index (χ3n) is 3.64. The monoisotopic (exact) mass is 410 g/mol. The third kappa shape index (κ3) is 3.65. The predicted molar refractivity (Wildman–Crippen MR) is 106 cm³/mol. The van der Waals surface area contributed by atoms with Crippen LogP contribution in [-0.2, 0) is 0 Å². The summed E-state index contributed by atoms with van der Waals surface area (Å²) < 4.78 is 10.5. The average molecular weight is 412 g/mol. The first-order valence-corrected chi connectivity index (χ1v) is 8.55. The highest BCUT2D eigenvalue weighted by atomic mass is 35.5. The second-order valence-electron chi connectivity index (χ2n) is 5.31. The molecule has 0 fully saturated rings. The van der Waals surface area contributed by atoms with Gasteiger partial charge in [0.05, 0.1) is 35.2 Å². The second-order valence-corrected chi connectivity index (χ2v) is 6.56. The van der Waals surface area contributed by atoms with Crippen molar-refractivity contribution in [3.8, 4) is 11.5 Å². The molecule has 26 heavy (non-hydrogen) atoms. The van der Waals surface area contributed by atoms with Crippen LogP contribution < -0.4 is 15.0 Å². The number of halogens is 3. The van der Waals surface area contributed by atoms with Gasteiger partial charge in [-0.2, -0.15) is 0 Å². The van der Waals surface area contributed by atoms with Crippen molar-refractivity contribution in [3.05, 3.63) is 62.1 Å². The summed E-state index contributed by atoms with van der Waals surface area (Å²) in [5.74, 6) is 1.12. The number of nitrogens with one attached hydrogen (secondary N) is 1. The fraction of sp³-hybridized carbons (Fsp3) is 0.111. The van der Waals surface area contributed by atoms with Crippen molar-refractivity contribution in [1.82, 2.24) is 9.97 Å². The van der Waals surface area contributed by atoms with Crippen LogP contribution in [0.2, 0.25) is 10.0 Å². The van der Waals surface area contributed by atoms with Crippen molar-refractivity contribution >= 4 is 56.8 Å². The summed E-state index contributed by atoms with van der Waals surface area (Å²) in [6.07, 6.45) is 1.62. The van der Waals surface area contributed by atoms with E-state index in [2.05, 4.69) is 9.97 Å². The zero-order chi connectivity index (χ0) is 18.8. The van der Waals surface area contributed by atoms with Gasteiger partial charge in [0.15, 0.2) is 17.3 Å². The van der Waals surface area contributed by atoms with Crippen LogP contribution in [0.1, 0.15) is 11.4 Å². The first-order valence-electron chi connectivity index (χ1n) is 7.41. The highest BCUT2D eigenvalue weighted by molar-refractivity contribution is 6.50. The summed E-state index contributed by atoms with van der Waals surface area (Å²) in [5, 5.41) is 1.46. The van der Waals surface area contributed by atoms with Gasteiger partial charge in [0, 0.05) is 5.02 Å². The van der Waals surface area contributed by atoms with Crippen LogP contribution in [0.4, 0.5) is 0 Å². The van der Waals surface area contributed by atoms with E-state index in [1.165, 1.54) is 14.2 Å². The van der Waals surface area contributed by atoms with Gasteiger partial charge in [0.1, 0.15) is 0 Å². The number of fused-ring (bicyclic) bond motifs is 1. The van der Waals surface area contributed by atoms with Crippen LogP contribution in [0.15, 0.2) is 35.1 Å². The first kappa shape index (κ1) is 18.6. The molecule has 0 aliphatic carbocycles. The first-order chi connectivity index (χ1) is 12.4. The Morgan fingerprint density at radius 1 is 1.15 bits per heavy atom. The van der Waals surface area contributed by atoms with Gasteiger partial charge >= 0.3 is 0 Å². The number of hydrogen-bond acceptors (Lipinski definition) is 4. The van der Waals surface area contributed by atoms with Crippen molar-refractivity contribution in [2.24, 2.45) is 0 Å². The Hall–Kier alpha value is -2.21. The highest BCUT2D eigenvalue weighted by Gasteiger charge is 2.12. The second kappa shape index (κ2) is 7.58. The lowest BCUT2D eigenvalue weighted by molar-refractivity contribution is 0.355. The van der Waals surface area contributed by atoms with E-state index in [9.17, 15) is 4.79 Å². The Morgan fingerprint density at radius 2 is 1.92 bits per heavy atom. The van der Waals surface area contributed by atoms with E-state index in [4.69, 9.17) is 44.3 Å². The SMILES string of the molecule is COc1cc(/C=C(\Cl)c2nc3ccc(Cl)cc3c(=O)[nH]2)cc(Cl)c1OC. The quantitative estimate of drug-likeness (QED) is 0.657. The summed E-state index contributed by atoms with van der Waals surface area (Å²) >= 11 is 18.5. The van der Waals surface area contributed by atoms with Gasteiger partial charge in [-0.1, -0.05) is 34.8 Å². The molecule has 0 spiro atoms. The van der Waals surface area contributed by atoms with Gasteiger partial charge in [-0.3, -0.25) is 4.79 Å². The van der Waals surface area contributed by atoms with Crippen LogP contribution in [0.5, 0.6) is 11.5 Å². The average Bonchev–Trinajstić information content (AvgIpc) is 2.61. The number of nitrogens with zero attached hydrogens (tertiary/aromatic N) is 1. The molecule has 0 atom stereocenters. The van der Waals surface area contributed by atoms with Gasteiger partial charge in [-0.05, 0) is 42.0 Å². The van der Waals surface area contributed by atoms with Crippen LogP contribution in [0.3, 0.4) is 0 Å². The van der Waals surface area contributed by atoms with E-state index in [0.717, 1.165) is 0 Å². The molecule has 0 aliphatic heterocycles. The van der Waals surface area contributed by atoms with Crippen LogP contribution >= 0.6 is 34.8 Å². The van der Waals surface area contributed by atoms with Crippen molar-refractivity contribution in [3.63, 3.8) is 0 Å². The summed E-state index contributed by atoms with van der Waals surface area (Å²) in [5.41, 5.74) is 0.825. The van der Waals surface area contributed by atoms with Gasteiger partial charge < -0.3 is 14.5 Å². The maximum absolute atomic E-state index is 12.2. The maximum Gasteiger partial charge on any atom is 0.259 e. The van der Waals surface area contributed by atoms with Gasteiger partial charge in [0.25, 0.3) is 5.56 Å². The van der Waals surface area contributed by atoms with E-state index in [1.54, 1.807) is 36.4 Å². The largest absolute Gasteiger partial charge is 0.493 e. The fourth-order valence-electron chi connectivity index (χ4n) is 2.46. The number of methoxy groups -OCH3 is 2. The Kier molecular flexibility index (Phi) is 5.41. The summed E-state index contributed by atoms with van der Waals surface area (Å²) in [7, 11) is 3.01. The molecule has 134 valence electrons. The molecule has 1 aromatic heterocycles. The molecule has 3 aromatic rings. The number of H-pyrrole nitrogens is 1. The van der Waals surface area contributed by atoms with Gasteiger partial charge in [-0.15, -0.1) is 0 Å². The minimum absolute atomic E-state index is 0.234. The smallest absolute Gasteiger partial charge is 0.259 e. The number of rotatable bonds is 4. The fourth-order valence-corrected chi connectivity index (χ4v) is 3.14. The lowest BCUT2D eigenvalue weighted by Crippen LogP contribution is -2.10. The lowest BCUT2D eigenvalue weighted by Gasteiger charge is -2.10. The molecule has 0 radical (unpaired) electrons. The van der Waals surface area contributed by atoms with E-state index < -0.39 is 0 Å². The van der Waals surface area contributed by atoms with E-state index in [0.29, 0.717) is 38.0 Å². The molecular weight excluding hydrogens is 399 g/mol. The maximum atomic E-state index is 12.2. The number of hydrogen-bond donors (Lipinski definition) is 1. The zero-order valence-electron chi connectivity index (χ0n) is 13.8. The molecule has 5 nitrogen and oxygen atoms in total. The lowest BCUT2D eigenvalue weighted by atomic mass is 10.1. The van der Waals surface area contributed by atoms with Crippen LogP contribution in [0, 0.1) is 0 Å². The number of benzene rings is 2. The Labute approximate surface area is 164 Å². The molecule has 1 N–H and O–H groups in total. The topological polar surface area (TPSA) is 64.2 Å². The predicted octanol–water partition coefficient (Wildman–Crippen LogP) is 4.98. The molecule has 1 heterocycles. The molecule has 0 bridgehead atoms. The van der Waals surface area contributed by atoms with Crippen molar-refractivity contribution in [1.29, 1.82) is 0 Å². The number of aromatic amines is 1. The molecule has 0 unspecified atom stereocenters. The molecule has 2 aromatic carbocycles. The van der Waals surface area contributed by atoms with E-state index in [1.807, 2.05) is 0 Å². The number of ether oxygens (including phenoxy) is 2. The van der Waals surface area contributed by atoms with Crippen molar-refractivity contribution in [2.75, 3.05) is 14.2 Å². The van der Waals surface area contributed by atoms with Crippen molar-refractivity contribution < 1.29 is 9.47 Å².